The summed E-state index contributed by atoms with van der Waals surface area (Å²) >= 11 is 0. The lowest BCUT2D eigenvalue weighted by Gasteiger charge is -2.19. The lowest BCUT2D eigenvalue weighted by molar-refractivity contribution is -0.127. The molecular weight excluding hydrogens is 256 g/mol. The van der Waals surface area contributed by atoms with Crippen LogP contribution in [0.2, 0.25) is 0 Å². The third kappa shape index (κ3) is 3.42. The fourth-order valence-electron chi connectivity index (χ4n) is 2.24. The van der Waals surface area contributed by atoms with Crippen LogP contribution in [0.3, 0.4) is 0 Å². The lowest BCUT2D eigenvalue weighted by atomic mass is 10.1. The number of carbonyl (C=O) groups excluding carboxylic acids is 1. The first-order valence-electron chi connectivity index (χ1n) is 6.99. The molecule has 1 aromatic carbocycles. The van der Waals surface area contributed by atoms with Crippen molar-refractivity contribution in [3.63, 3.8) is 0 Å². The third-order valence-electron chi connectivity index (χ3n) is 3.47. The molecule has 2 rings (SSSR count). The van der Waals surface area contributed by atoms with E-state index >= 15 is 0 Å². The molecular formula is C15H22N2O3. The van der Waals surface area contributed by atoms with Gasteiger partial charge >= 0.3 is 0 Å². The molecule has 0 radical (unpaired) electrons. The molecule has 0 bridgehead atoms. The van der Waals surface area contributed by atoms with Gasteiger partial charge in [-0.15, -0.1) is 0 Å². The molecule has 0 aliphatic carbocycles. The van der Waals surface area contributed by atoms with Gasteiger partial charge in [0.05, 0.1) is 7.11 Å². The number of ether oxygens (including phenoxy) is 2. The minimum Gasteiger partial charge on any atom is -0.493 e. The van der Waals surface area contributed by atoms with Crippen molar-refractivity contribution in [3.05, 3.63) is 23.8 Å². The zero-order valence-corrected chi connectivity index (χ0v) is 12.0. The second-order valence-electron chi connectivity index (χ2n) is 5.09. The molecule has 0 aromatic heterocycles. The average molecular weight is 278 g/mol. The summed E-state index contributed by atoms with van der Waals surface area (Å²) in [5, 5.41) is 2.86. The van der Waals surface area contributed by atoms with E-state index < -0.39 is 6.10 Å². The summed E-state index contributed by atoms with van der Waals surface area (Å²) in [6, 6.07) is 5.50. The van der Waals surface area contributed by atoms with Gasteiger partial charge in [-0.05, 0) is 43.9 Å². The number of amides is 1. The standard InChI is InChI=1S/C15H22N2O3/c1-10(16)11-6-7-12(14(9-11)19-2)20-13-5-3-4-8-17-15(13)18/h6-7,9-10,13H,3-5,8,16H2,1-2H3,(H,17,18). The first kappa shape index (κ1) is 14.7. The second kappa shape index (κ2) is 6.61. The molecule has 3 N–H and O–H groups in total. The van der Waals surface area contributed by atoms with Gasteiger partial charge in [0.15, 0.2) is 17.6 Å². The van der Waals surface area contributed by atoms with Gasteiger partial charge in [-0.2, -0.15) is 0 Å². The first-order valence-corrected chi connectivity index (χ1v) is 6.99. The van der Waals surface area contributed by atoms with Gasteiger partial charge in [0.2, 0.25) is 0 Å². The number of carbonyl (C=O) groups is 1. The van der Waals surface area contributed by atoms with Gasteiger partial charge in [0.1, 0.15) is 0 Å². The fourth-order valence-corrected chi connectivity index (χ4v) is 2.24. The Kier molecular flexibility index (Phi) is 4.84. The summed E-state index contributed by atoms with van der Waals surface area (Å²) < 4.78 is 11.2. The highest BCUT2D eigenvalue weighted by molar-refractivity contribution is 5.81. The number of hydrogen-bond donors (Lipinski definition) is 2. The van der Waals surface area contributed by atoms with Gasteiger partial charge in [0, 0.05) is 12.6 Å². The Balaban J connectivity index is 2.17. The molecule has 20 heavy (non-hydrogen) atoms. The molecule has 5 heteroatoms. The van der Waals surface area contributed by atoms with E-state index in [9.17, 15) is 4.79 Å². The van der Waals surface area contributed by atoms with Gasteiger partial charge in [-0.1, -0.05) is 6.07 Å². The van der Waals surface area contributed by atoms with Crippen LogP contribution in [-0.2, 0) is 4.79 Å². The summed E-state index contributed by atoms with van der Waals surface area (Å²) in [5.41, 5.74) is 6.83. The van der Waals surface area contributed by atoms with Crippen LogP contribution in [0.5, 0.6) is 11.5 Å². The maximum Gasteiger partial charge on any atom is 0.261 e. The van der Waals surface area contributed by atoms with Crippen LogP contribution in [0.1, 0.15) is 37.8 Å². The highest BCUT2D eigenvalue weighted by Gasteiger charge is 2.23. The van der Waals surface area contributed by atoms with Gasteiger partial charge in [-0.25, -0.2) is 0 Å². The van der Waals surface area contributed by atoms with Crippen molar-refractivity contribution in [3.8, 4) is 11.5 Å². The first-order chi connectivity index (χ1) is 9.61. The monoisotopic (exact) mass is 278 g/mol. The van der Waals surface area contributed by atoms with Crippen LogP contribution in [0.4, 0.5) is 0 Å². The minimum atomic E-state index is -0.451. The van der Waals surface area contributed by atoms with Crippen LogP contribution in [0.25, 0.3) is 0 Å². The number of nitrogens with two attached hydrogens (primary N) is 1. The van der Waals surface area contributed by atoms with E-state index in [0.29, 0.717) is 11.5 Å². The normalized spacial score (nSPS) is 20.8. The second-order valence-corrected chi connectivity index (χ2v) is 5.09. The molecule has 110 valence electrons. The predicted octanol–water partition coefficient (Wildman–Crippen LogP) is 1.76. The minimum absolute atomic E-state index is 0.0548. The highest BCUT2D eigenvalue weighted by atomic mass is 16.5. The summed E-state index contributed by atoms with van der Waals surface area (Å²) in [4.78, 5) is 11.9. The van der Waals surface area contributed by atoms with E-state index in [4.69, 9.17) is 15.2 Å². The Morgan fingerprint density at radius 3 is 2.85 bits per heavy atom. The highest BCUT2D eigenvalue weighted by Crippen LogP contribution is 2.31. The van der Waals surface area contributed by atoms with E-state index in [0.717, 1.165) is 31.4 Å². The zero-order valence-electron chi connectivity index (χ0n) is 12.0. The Morgan fingerprint density at radius 2 is 2.15 bits per heavy atom. The summed E-state index contributed by atoms with van der Waals surface area (Å²) in [7, 11) is 1.58. The fraction of sp³-hybridized carbons (Fsp3) is 0.533. The SMILES string of the molecule is COc1cc(C(C)N)ccc1OC1CCCCNC1=O. The molecule has 5 nitrogen and oxygen atoms in total. The van der Waals surface area contributed by atoms with Crippen LogP contribution < -0.4 is 20.5 Å². The number of rotatable bonds is 4. The molecule has 1 saturated heterocycles. The average Bonchev–Trinajstić information content (AvgIpc) is 2.64. The van der Waals surface area contributed by atoms with E-state index in [1.807, 2.05) is 25.1 Å². The van der Waals surface area contributed by atoms with E-state index in [2.05, 4.69) is 5.32 Å². The van der Waals surface area contributed by atoms with E-state index in [-0.39, 0.29) is 11.9 Å². The Labute approximate surface area is 119 Å². The summed E-state index contributed by atoms with van der Waals surface area (Å²) in [5.74, 6) is 1.14. The number of nitrogens with one attached hydrogen (secondary N) is 1. The molecule has 1 aromatic rings. The largest absolute Gasteiger partial charge is 0.493 e. The van der Waals surface area contributed by atoms with E-state index in [1.165, 1.54) is 0 Å². The Morgan fingerprint density at radius 1 is 1.35 bits per heavy atom. The molecule has 1 aliphatic rings. The van der Waals surface area contributed by atoms with Crippen LogP contribution in [0.15, 0.2) is 18.2 Å². The van der Waals surface area contributed by atoms with Crippen molar-refractivity contribution < 1.29 is 14.3 Å². The van der Waals surface area contributed by atoms with Crippen LogP contribution >= 0.6 is 0 Å². The molecule has 1 heterocycles. The van der Waals surface area contributed by atoms with Crippen molar-refractivity contribution in [2.75, 3.05) is 13.7 Å². The molecule has 1 amide bonds. The zero-order chi connectivity index (χ0) is 14.5. The molecule has 1 fully saturated rings. The van der Waals surface area contributed by atoms with Crippen molar-refractivity contribution in [1.82, 2.24) is 5.32 Å². The van der Waals surface area contributed by atoms with Crippen molar-refractivity contribution in [2.24, 2.45) is 5.73 Å². The van der Waals surface area contributed by atoms with Gasteiger partial charge in [-0.3, -0.25) is 4.79 Å². The van der Waals surface area contributed by atoms with Gasteiger partial charge in [0.25, 0.3) is 5.91 Å². The van der Waals surface area contributed by atoms with Crippen molar-refractivity contribution >= 4 is 5.91 Å². The maximum atomic E-state index is 11.9. The quantitative estimate of drug-likeness (QED) is 0.880. The van der Waals surface area contributed by atoms with Gasteiger partial charge < -0.3 is 20.5 Å². The Bertz CT molecular complexity index is 474. The molecule has 1 aliphatic heterocycles. The van der Waals surface area contributed by atoms with Crippen molar-refractivity contribution in [1.29, 1.82) is 0 Å². The summed E-state index contributed by atoms with van der Waals surface area (Å²) in [6.07, 6.45) is 2.24. The molecule has 0 spiro atoms. The predicted molar refractivity (Wildman–Crippen MR) is 76.9 cm³/mol. The topological polar surface area (TPSA) is 73.6 Å². The van der Waals surface area contributed by atoms with Crippen LogP contribution in [0, 0.1) is 0 Å². The number of benzene rings is 1. The summed E-state index contributed by atoms with van der Waals surface area (Å²) in [6.45, 7) is 2.63. The maximum absolute atomic E-state index is 11.9. The molecule has 2 atom stereocenters. The Hall–Kier alpha value is -1.75. The smallest absolute Gasteiger partial charge is 0.261 e. The number of methoxy groups -OCH3 is 1. The third-order valence-corrected chi connectivity index (χ3v) is 3.47. The van der Waals surface area contributed by atoms with E-state index in [1.54, 1.807) is 7.11 Å². The lowest BCUT2D eigenvalue weighted by Crippen LogP contribution is -2.36. The van der Waals surface area contributed by atoms with Crippen molar-refractivity contribution in [2.45, 2.75) is 38.3 Å². The number of hydrogen-bond acceptors (Lipinski definition) is 4. The molecule has 2 unspecified atom stereocenters. The molecule has 0 saturated carbocycles. The van der Waals surface area contributed by atoms with Crippen LogP contribution in [-0.4, -0.2) is 25.7 Å².